The molecule has 0 radical (unpaired) electrons. The van der Waals surface area contributed by atoms with Crippen molar-refractivity contribution in [1.29, 1.82) is 0 Å². The number of nitrogens with one attached hydrogen (secondary N) is 1. The Morgan fingerprint density at radius 1 is 1.15 bits per heavy atom. The first kappa shape index (κ1) is 25.3. The third kappa shape index (κ3) is 6.04. The molecular formula is C24H16BrClI2N2O4. The monoisotopic (exact) mass is 764 g/mol. The molecule has 0 aliphatic carbocycles. The Morgan fingerprint density at radius 2 is 1.91 bits per heavy atom. The third-order valence-corrected chi connectivity index (χ3v) is 7.00. The van der Waals surface area contributed by atoms with Crippen LogP contribution >= 0.6 is 72.7 Å². The van der Waals surface area contributed by atoms with Crippen molar-refractivity contribution in [2.45, 2.75) is 6.61 Å². The van der Waals surface area contributed by atoms with Gasteiger partial charge in [0, 0.05) is 14.9 Å². The topological polar surface area (TPSA) is 73.1 Å². The van der Waals surface area contributed by atoms with E-state index in [2.05, 4.69) is 71.6 Å². The molecule has 1 amide bonds. The van der Waals surface area contributed by atoms with Crippen LogP contribution in [0.2, 0.25) is 5.02 Å². The second kappa shape index (κ2) is 11.3. The first-order valence-electron chi connectivity index (χ1n) is 9.81. The Morgan fingerprint density at radius 3 is 2.65 bits per heavy atom. The Kier molecular flexibility index (Phi) is 8.38. The minimum atomic E-state index is -0.441. The van der Waals surface area contributed by atoms with E-state index in [1.54, 1.807) is 19.2 Å². The average Bonchev–Trinajstić information content (AvgIpc) is 3.23. The van der Waals surface area contributed by atoms with Crippen LogP contribution in [0.25, 0.3) is 11.0 Å². The van der Waals surface area contributed by atoms with E-state index in [1.807, 2.05) is 42.5 Å². The standard InChI is InChI=1S/C24H16BrClI2N2O4/c1-32-20-7-14(6-18(27)23(20)33-12-13-2-4-17(26)5-3-13)11-29-30-24(31)21-9-15-8-16(25)10-19(28)22(15)34-21/h2-11H,12H2,1H3,(H,30,31)/b29-11+. The number of carbonyl (C=O) groups is 1. The fourth-order valence-corrected chi connectivity index (χ4v) is 5.67. The molecular weight excluding hydrogens is 749 g/mol. The van der Waals surface area contributed by atoms with Crippen molar-refractivity contribution in [1.82, 2.24) is 5.43 Å². The van der Waals surface area contributed by atoms with Gasteiger partial charge in [0.05, 0.1) is 20.5 Å². The number of benzene rings is 3. The van der Waals surface area contributed by atoms with Gasteiger partial charge >= 0.3 is 5.91 Å². The van der Waals surface area contributed by atoms with E-state index in [-0.39, 0.29) is 5.76 Å². The lowest BCUT2D eigenvalue weighted by Crippen LogP contribution is -2.16. The third-order valence-electron chi connectivity index (χ3n) is 4.69. The Balaban J connectivity index is 1.45. The van der Waals surface area contributed by atoms with E-state index >= 15 is 0 Å². The molecule has 0 saturated carbocycles. The summed E-state index contributed by atoms with van der Waals surface area (Å²) in [6, 6.07) is 16.6. The first-order valence-corrected chi connectivity index (χ1v) is 13.1. The number of hydrogen-bond acceptors (Lipinski definition) is 5. The molecule has 0 unspecified atom stereocenters. The number of methoxy groups -OCH3 is 1. The summed E-state index contributed by atoms with van der Waals surface area (Å²) in [6.45, 7) is 0.375. The van der Waals surface area contributed by atoms with Crippen LogP contribution in [-0.2, 0) is 6.61 Å². The molecule has 0 spiro atoms. The molecule has 3 aromatic carbocycles. The zero-order valence-corrected chi connectivity index (χ0v) is 24.2. The highest BCUT2D eigenvalue weighted by Crippen LogP contribution is 2.34. The molecule has 10 heteroatoms. The van der Waals surface area contributed by atoms with Gasteiger partial charge in [0.2, 0.25) is 0 Å². The van der Waals surface area contributed by atoms with E-state index < -0.39 is 5.91 Å². The van der Waals surface area contributed by atoms with E-state index in [1.165, 1.54) is 6.21 Å². The highest BCUT2D eigenvalue weighted by Gasteiger charge is 2.15. The average molecular weight is 766 g/mol. The summed E-state index contributed by atoms with van der Waals surface area (Å²) in [4.78, 5) is 12.5. The van der Waals surface area contributed by atoms with Crippen molar-refractivity contribution < 1.29 is 18.7 Å². The smallest absolute Gasteiger partial charge is 0.307 e. The van der Waals surface area contributed by atoms with Crippen LogP contribution in [0, 0.1) is 7.14 Å². The van der Waals surface area contributed by atoms with Gasteiger partial charge in [-0.05, 0) is 98.8 Å². The van der Waals surface area contributed by atoms with Gasteiger partial charge in [-0.1, -0.05) is 39.7 Å². The van der Waals surface area contributed by atoms with Gasteiger partial charge in [-0.25, -0.2) is 5.43 Å². The molecule has 1 N–H and O–H groups in total. The zero-order valence-electron chi connectivity index (χ0n) is 17.6. The summed E-state index contributed by atoms with van der Waals surface area (Å²) in [7, 11) is 1.57. The molecule has 1 heterocycles. The number of rotatable bonds is 7. The van der Waals surface area contributed by atoms with Crippen molar-refractivity contribution in [2.75, 3.05) is 7.11 Å². The van der Waals surface area contributed by atoms with Gasteiger partial charge in [0.25, 0.3) is 0 Å². The molecule has 34 heavy (non-hydrogen) atoms. The molecule has 4 aromatic rings. The minimum Gasteiger partial charge on any atom is -0.493 e. The summed E-state index contributed by atoms with van der Waals surface area (Å²) in [5.74, 6) is 0.929. The number of furan rings is 1. The van der Waals surface area contributed by atoms with Crippen molar-refractivity contribution >= 4 is 95.8 Å². The van der Waals surface area contributed by atoms with Gasteiger partial charge in [0.15, 0.2) is 17.3 Å². The number of fused-ring (bicyclic) bond motifs is 1. The quantitative estimate of drug-likeness (QED) is 0.121. The van der Waals surface area contributed by atoms with Crippen molar-refractivity contribution in [3.63, 3.8) is 0 Å². The summed E-state index contributed by atoms with van der Waals surface area (Å²) in [5, 5.41) is 5.58. The fourth-order valence-electron chi connectivity index (χ4n) is 3.10. The molecule has 0 atom stereocenters. The summed E-state index contributed by atoms with van der Waals surface area (Å²) in [5.41, 5.74) is 4.89. The molecule has 4 rings (SSSR count). The van der Waals surface area contributed by atoms with Gasteiger partial charge in [-0.3, -0.25) is 4.79 Å². The van der Waals surface area contributed by atoms with Crippen LogP contribution in [0.15, 0.2) is 68.6 Å². The van der Waals surface area contributed by atoms with E-state index in [4.69, 9.17) is 25.5 Å². The lowest BCUT2D eigenvalue weighted by Gasteiger charge is -2.13. The van der Waals surface area contributed by atoms with Crippen molar-refractivity contribution in [2.24, 2.45) is 5.10 Å². The molecule has 6 nitrogen and oxygen atoms in total. The van der Waals surface area contributed by atoms with Crippen LogP contribution < -0.4 is 14.9 Å². The number of nitrogens with zero attached hydrogens (tertiary/aromatic N) is 1. The van der Waals surface area contributed by atoms with Crippen molar-refractivity contribution in [3.8, 4) is 11.5 Å². The molecule has 174 valence electrons. The first-order chi connectivity index (χ1) is 16.3. The summed E-state index contributed by atoms with van der Waals surface area (Å²) >= 11 is 13.7. The normalized spacial score (nSPS) is 11.2. The highest BCUT2D eigenvalue weighted by atomic mass is 127. The number of hydrazone groups is 1. The predicted molar refractivity (Wildman–Crippen MR) is 153 cm³/mol. The molecule has 1 aromatic heterocycles. The van der Waals surface area contributed by atoms with Crippen LogP contribution in [0.5, 0.6) is 11.5 Å². The maximum atomic E-state index is 12.5. The zero-order chi connectivity index (χ0) is 24.2. The van der Waals surface area contributed by atoms with Crippen LogP contribution in [0.4, 0.5) is 0 Å². The fraction of sp³-hybridized carbons (Fsp3) is 0.0833. The number of carbonyl (C=O) groups excluding carboxylic acids is 1. The molecule has 0 aliphatic rings. The maximum absolute atomic E-state index is 12.5. The molecule has 0 bridgehead atoms. The predicted octanol–water partition coefficient (Wildman–Crippen LogP) is 7.41. The molecule has 0 fully saturated rings. The Labute approximate surface area is 236 Å². The number of ether oxygens (including phenoxy) is 2. The highest BCUT2D eigenvalue weighted by molar-refractivity contribution is 14.1. The summed E-state index contributed by atoms with van der Waals surface area (Å²) < 4.78 is 19.9. The number of hydrogen-bond donors (Lipinski definition) is 1. The maximum Gasteiger partial charge on any atom is 0.307 e. The largest absolute Gasteiger partial charge is 0.493 e. The van der Waals surface area contributed by atoms with E-state index in [9.17, 15) is 4.79 Å². The summed E-state index contributed by atoms with van der Waals surface area (Å²) in [6.07, 6.45) is 1.54. The van der Waals surface area contributed by atoms with Gasteiger partial charge < -0.3 is 13.9 Å². The SMILES string of the molecule is COc1cc(/C=N/NC(=O)c2cc3cc(Br)cc(I)c3o2)cc(I)c1OCc1ccc(Cl)cc1. The number of halogens is 4. The molecule has 0 aliphatic heterocycles. The van der Waals surface area contributed by atoms with E-state index in [0.717, 1.165) is 28.1 Å². The van der Waals surface area contributed by atoms with Crippen LogP contribution in [0.1, 0.15) is 21.7 Å². The van der Waals surface area contributed by atoms with Crippen LogP contribution in [-0.4, -0.2) is 19.2 Å². The van der Waals surface area contributed by atoms with Crippen LogP contribution in [0.3, 0.4) is 0 Å². The second-order valence-corrected chi connectivity index (χ2v) is 10.7. The lowest BCUT2D eigenvalue weighted by atomic mass is 10.2. The van der Waals surface area contributed by atoms with E-state index in [0.29, 0.717) is 28.7 Å². The van der Waals surface area contributed by atoms with Gasteiger partial charge in [0.1, 0.15) is 12.2 Å². The Bertz CT molecular complexity index is 1390. The Hall–Kier alpha value is -1.83. The molecule has 0 saturated heterocycles. The minimum absolute atomic E-state index is 0.182. The van der Waals surface area contributed by atoms with Gasteiger partial charge in [-0.15, -0.1) is 0 Å². The lowest BCUT2D eigenvalue weighted by molar-refractivity contribution is 0.0929. The van der Waals surface area contributed by atoms with Gasteiger partial charge in [-0.2, -0.15) is 5.10 Å². The second-order valence-electron chi connectivity index (χ2n) is 7.06. The number of amides is 1. The van der Waals surface area contributed by atoms with Crippen molar-refractivity contribution in [3.05, 3.63) is 88.1 Å².